The molecule has 146 valence electrons. The number of nitrogens with zero attached hydrogens (tertiary/aromatic N) is 4. The van der Waals surface area contributed by atoms with E-state index in [4.69, 9.17) is 0 Å². The van der Waals surface area contributed by atoms with Gasteiger partial charge in [-0.3, -0.25) is 25.8 Å². The molecule has 3 aromatic rings. The van der Waals surface area contributed by atoms with E-state index in [1.807, 2.05) is 24.3 Å². The number of amides is 1. The first-order chi connectivity index (χ1) is 14.0. The molecule has 0 saturated heterocycles. The van der Waals surface area contributed by atoms with Crippen molar-refractivity contribution in [3.63, 3.8) is 0 Å². The van der Waals surface area contributed by atoms with Gasteiger partial charge in [-0.15, -0.1) is 0 Å². The third-order valence-corrected chi connectivity index (χ3v) is 5.06. The Bertz CT molecular complexity index is 1090. The zero-order valence-electron chi connectivity index (χ0n) is 15.0. The van der Waals surface area contributed by atoms with Gasteiger partial charge in [0.15, 0.2) is 0 Å². The topological polar surface area (TPSA) is 113 Å². The van der Waals surface area contributed by atoms with Crippen molar-refractivity contribution in [3.05, 3.63) is 80.6 Å². The highest BCUT2D eigenvalue weighted by Crippen LogP contribution is 2.39. The molecule has 0 fully saturated rings. The van der Waals surface area contributed by atoms with Gasteiger partial charge in [0.25, 0.3) is 5.91 Å². The molecule has 2 aromatic carbocycles. The van der Waals surface area contributed by atoms with Gasteiger partial charge >= 0.3 is 5.69 Å². The Morgan fingerprint density at radius 3 is 2.66 bits per heavy atom. The first-order valence-electron chi connectivity index (χ1n) is 8.71. The van der Waals surface area contributed by atoms with Gasteiger partial charge in [-0.25, -0.2) is 9.97 Å². The molecule has 2 heterocycles. The van der Waals surface area contributed by atoms with Crippen LogP contribution in [0.5, 0.6) is 0 Å². The quantitative estimate of drug-likeness (QED) is 0.447. The minimum Gasteiger partial charge on any atom is -0.320 e. The van der Waals surface area contributed by atoms with E-state index >= 15 is 0 Å². The van der Waals surface area contributed by atoms with Gasteiger partial charge in [0, 0.05) is 22.3 Å². The molecule has 0 unspecified atom stereocenters. The Labute approximate surface area is 174 Å². The lowest BCUT2D eigenvalue weighted by molar-refractivity contribution is -0.383. The van der Waals surface area contributed by atoms with Gasteiger partial charge in [-0.05, 0) is 42.3 Å². The second kappa shape index (κ2) is 7.84. The predicted molar refractivity (Wildman–Crippen MR) is 111 cm³/mol. The summed E-state index contributed by atoms with van der Waals surface area (Å²) in [5, 5.41) is 11.8. The van der Waals surface area contributed by atoms with Gasteiger partial charge in [0.2, 0.25) is 11.6 Å². The molecule has 0 saturated carbocycles. The Kier molecular flexibility index (Phi) is 5.09. The van der Waals surface area contributed by atoms with Crippen molar-refractivity contribution in [2.24, 2.45) is 0 Å². The summed E-state index contributed by atoms with van der Waals surface area (Å²) in [7, 11) is 0. The van der Waals surface area contributed by atoms with Crippen molar-refractivity contribution >= 4 is 44.8 Å². The normalized spacial score (nSPS) is 12.4. The summed E-state index contributed by atoms with van der Waals surface area (Å²) in [5.74, 6) is -0.358. The smallest absolute Gasteiger partial charge is 0.320 e. The van der Waals surface area contributed by atoms with E-state index in [-0.39, 0.29) is 17.3 Å². The zero-order valence-corrected chi connectivity index (χ0v) is 16.6. The molecule has 2 N–H and O–H groups in total. The molecule has 9 nitrogen and oxygen atoms in total. The highest BCUT2D eigenvalue weighted by Gasteiger charge is 2.31. The summed E-state index contributed by atoms with van der Waals surface area (Å²) < 4.78 is 0.837. The summed E-state index contributed by atoms with van der Waals surface area (Å²) in [6.45, 7) is 0.571. The van der Waals surface area contributed by atoms with Crippen molar-refractivity contribution in [1.82, 2.24) is 15.4 Å². The molecular formula is C19H15BrN6O3. The average Bonchev–Trinajstić information content (AvgIpc) is 3.16. The van der Waals surface area contributed by atoms with Crippen molar-refractivity contribution < 1.29 is 9.72 Å². The van der Waals surface area contributed by atoms with Gasteiger partial charge < -0.3 is 4.90 Å². The number of rotatable bonds is 5. The number of hydrogen-bond acceptors (Lipinski definition) is 7. The summed E-state index contributed by atoms with van der Waals surface area (Å²) in [5.41, 5.74) is 7.07. The van der Waals surface area contributed by atoms with Crippen molar-refractivity contribution in [2.45, 2.75) is 6.42 Å². The van der Waals surface area contributed by atoms with E-state index in [0.717, 1.165) is 22.1 Å². The SMILES string of the molecule is O=C(NNc1ncnc(N2CCc3ccccc32)c1[N+](=O)[O-])c1ccc(Br)cc1. The summed E-state index contributed by atoms with van der Waals surface area (Å²) in [4.78, 5) is 33.5. The lowest BCUT2D eigenvalue weighted by atomic mass is 10.2. The largest absolute Gasteiger partial charge is 0.355 e. The molecule has 0 spiro atoms. The van der Waals surface area contributed by atoms with Crippen LogP contribution in [0.1, 0.15) is 15.9 Å². The number of para-hydroxylation sites is 1. The lowest BCUT2D eigenvalue weighted by Gasteiger charge is -2.19. The Morgan fingerprint density at radius 1 is 1.14 bits per heavy atom. The predicted octanol–water partition coefficient (Wildman–Crippen LogP) is 3.60. The molecular weight excluding hydrogens is 440 g/mol. The van der Waals surface area contributed by atoms with Gasteiger partial charge in [-0.1, -0.05) is 34.1 Å². The number of anilines is 3. The van der Waals surface area contributed by atoms with Crippen LogP contribution >= 0.6 is 15.9 Å². The van der Waals surface area contributed by atoms with Crippen LogP contribution in [0.4, 0.5) is 23.0 Å². The number of nitrogens with one attached hydrogen (secondary N) is 2. The Balaban J connectivity index is 1.62. The van der Waals surface area contributed by atoms with Crippen LogP contribution in [0.15, 0.2) is 59.3 Å². The van der Waals surface area contributed by atoms with E-state index in [9.17, 15) is 14.9 Å². The summed E-state index contributed by atoms with van der Waals surface area (Å²) >= 11 is 3.30. The van der Waals surface area contributed by atoms with Crippen LogP contribution in [0.3, 0.4) is 0 Å². The van der Waals surface area contributed by atoms with E-state index in [1.165, 1.54) is 6.33 Å². The fourth-order valence-corrected chi connectivity index (χ4v) is 3.44. The third-order valence-electron chi connectivity index (χ3n) is 4.53. The van der Waals surface area contributed by atoms with E-state index in [1.54, 1.807) is 29.2 Å². The first-order valence-corrected chi connectivity index (χ1v) is 9.50. The first kappa shape index (κ1) is 18.8. The maximum Gasteiger partial charge on any atom is 0.355 e. The number of hydrogen-bond donors (Lipinski definition) is 2. The number of halogens is 1. The standard InChI is InChI=1S/C19H15BrN6O3/c20-14-7-5-13(6-8-14)19(27)24-23-17-16(26(28)29)18(22-11-21-17)25-10-9-12-3-1-2-4-15(12)25/h1-8,11H,9-10H2,(H,24,27)(H,21,22,23). The van der Waals surface area contributed by atoms with Crippen LogP contribution in [-0.2, 0) is 6.42 Å². The van der Waals surface area contributed by atoms with E-state index in [2.05, 4.69) is 36.7 Å². The molecule has 1 aliphatic rings. The zero-order chi connectivity index (χ0) is 20.4. The molecule has 0 radical (unpaired) electrons. The van der Waals surface area contributed by atoms with E-state index in [0.29, 0.717) is 12.1 Å². The van der Waals surface area contributed by atoms with Gasteiger partial charge in [-0.2, -0.15) is 0 Å². The number of fused-ring (bicyclic) bond motifs is 1. The number of hydrazine groups is 1. The minimum atomic E-state index is -0.551. The minimum absolute atomic E-state index is 0.0881. The van der Waals surface area contributed by atoms with Crippen molar-refractivity contribution in [3.8, 4) is 0 Å². The van der Waals surface area contributed by atoms with Crippen molar-refractivity contribution in [1.29, 1.82) is 0 Å². The molecule has 0 aliphatic carbocycles. The molecule has 0 bridgehead atoms. The number of aromatic nitrogens is 2. The van der Waals surface area contributed by atoms with Crippen LogP contribution < -0.4 is 15.8 Å². The molecule has 29 heavy (non-hydrogen) atoms. The molecule has 1 amide bonds. The lowest BCUT2D eigenvalue weighted by Crippen LogP contribution is -2.30. The van der Waals surface area contributed by atoms with Crippen LogP contribution in [0, 0.1) is 10.1 Å². The molecule has 1 aromatic heterocycles. The Morgan fingerprint density at radius 2 is 1.90 bits per heavy atom. The summed E-state index contributed by atoms with van der Waals surface area (Å²) in [6.07, 6.45) is 2.00. The Hall–Kier alpha value is -3.53. The van der Waals surface area contributed by atoms with Crippen LogP contribution in [0.25, 0.3) is 0 Å². The van der Waals surface area contributed by atoms with Crippen molar-refractivity contribution in [2.75, 3.05) is 16.9 Å². The van der Waals surface area contributed by atoms with Gasteiger partial charge in [0.05, 0.1) is 4.92 Å². The van der Waals surface area contributed by atoms with E-state index < -0.39 is 10.8 Å². The monoisotopic (exact) mass is 454 g/mol. The number of benzene rings is 2. The molecule has 4 rings (SSSR count). The highest BCUT2D eigenvalue weighted by molar-refractivity contribution is 9.10. The number of nitro groups is 1. The molecule has 10 heteroatoms. The fraction of sp³-hybridized carbons (Fsp3) is 0.105. The van der Waals surface area contributed by atoms with Gasteiger partial charge in [0.1, 0.15) is 6.33 Å². The molecule has 1 aliphatic heterocycles. The van der Waals surface area contributed by atoms with Crippen LogP contribution in [-0.4, -0.2) is 27.3 Å². The average molecular weight is 455 g/mol. The number of carbonyl (C=O) groups is 1. The summed E-state index contributed by atoms with van der Waals surface area (Å²) in [6, 6.07) is 14.4. The third kappa shape index (κ3) is 3.74. The number of carbonyl (C=O) groups excluding carboxylic acids is 1. The maximum absolute atomic E-state index is 12.3. The van der Waals surface area contributed by atoms with Crippen LogP contribution in [0.2, 0.25) is 0 Å². The second-order valence-electron chi connectivity index (χ2n) is 6.27. The highest BCUT2D eigenvalue weighted by atomic mass is 79.9. The fourth-order valence-electron chi connectivity index (χ4n) is 3.17. The molecule has 0 atom stereocenters. The second-order valence-corrected chi connectivity index (χ2v) is 7.18. The maximum atomic E-state index is 12.3.